The van der Waals surface area contributed by atoms with E-state index in [4.69, 9.17) is 4.74 Å². The van der Waals surface area contributed by atoms with E-state index in [1.807, 2.05) is 12.1 Å². The van der Waals surface area contributed by atoms with Gasteiger partial charge < -0.3 is 14.5 Å². The number of carbonyl (C=O) groups is 1. The summed E-state index contributed by atoms with van der Waals surface area (Å²) < 4.78 is 5.20. The van der Waals surface area contributed by atoms with Crippen LogP contribution in [-0.4, -0.2) is 44.1 Å². The number of methoxy groups -OCH3 is 1. The van der Waals surface area contributed by atoms with Crippen molar-refractivity contribution in [1.29, 1.82) is 0 Å². The van der Waals surface area contributed by atoms with Gasteiger partial charge in [0.1, 0.15) is 5.75 Å². The van der Waals surface area contributed by atoms with E-state index < -0.39 is 0 Å². The lowest BCUT2D eigenvalue weighted by molar-refractivity contribution is -0.141. The van der Waals surface area contributed by atoms with Crippen LogP contribution in [-0.2, 0) is 4.79 Å². The lowest BCUT2D eigenvalue weighted by Gasteiger charge is -2.39. The molecule has 2 aliphatic rings. The first-order valence-corrected chi connectivity index (χ1v) is 8.31. The Morgan fingerprint density at radius 2 is 1.64 bits per heavy atom. The van der Waals surface area contributed by atoms with Gasteiger partial charge >= 0.3 is 0 Å². The molecular weight excluding hydrogens is 276 g/mol. The van der Waals surface area contributed by atoms with Gasteiger partial charge in [0.15, 0.2) is 0 Å². The first-order chi connectivity index (χ1) is 10.6. The van der Waals surface area contributed by atoms with Crippen molar-refractivity contribution in [3.63, 3.8) is 0 Å². The molecule has 120 valence electrons. The Morgan fingerprint density at radius 3 is 2.18 bits per heavy atom. The normalized spacial score (nSPS) is 21.0. The van der Waals surface area contributed by atoms with Crippen molar-refractivity contribution in [2.24, 2.45) is 5.41 Å². The fourth-order valence-electron chi connectivity index (χ4n) is 3.71. The van der Waals surface area contributed by atoms with E-state index in [1.165, 1.54) is 18.5 Å². The van der Waals surface area contributed by atoms with Gasteiger partial charge in [-0.15, -0.1) is 0 Å². The summed E-state index contributed by atoms with van der Waals surface area (Å²) in [7, 11) is 1.68. The molecule has 1 amide bonds. The van der Waals surface area contributed by atoms with E-state index in [-0.39, 0.29) is 5.41 Å². The highest BCUT2D eigenvalue weighted by Crippen LogP contribution is 2.39. The number of hydrogen-bond donors (Lipinski definition) is 0. The topological polar surface area (TPSA) is 32.8 Å². The van der Waals surface area contributed by atoms with E-state index in [9.17, 15) is 4.79 Å². The maximum atomic E-state index is 12.7. The second-order valence-corrected chi connectivity index (χ2v) is 6.75. The average molecular weight is 302 g/mol. The summed E-state index contributed by atoms with van der Waals surface area (Å²) in [5, 5.41) is 0. The number of hydrogen-bond acceptors (Lipinski definition) is 3. The summed E-state index contributed by atoms with van der Waals surface area (Å²) in [6, 6.07) is 8.17. The predicted octanol–water partition coefficient (Wildman–Crippen LogP) is 2.92. The summed E-state index contributed by atoms with van der Waals surface area (Å²) in [6.07, 6.45) is 4.52. The van der Waals surface area contributed by atoms with Gasteiger partial charge in [0, 0.05) is 37.3 Å². The Balaban J connectivity index is 1.58. The zero-order valence-electron chi connectivity index (χ0n) is 13.7. The summed E-state index contributed by atoms with van der Waals surface area (Å²) in [6.45, 7) is 5.64. The lowest BCUT2D eigenvalue weighted by atomic mass is 9.87. The summed E-state index contributed by atoms with van der Waals surface area (Å²) in [4.78, 5) is 17.2. The van der Waals surface area contributed by atoms with Crippen molar-refractivity contribution in [2.75, 3.05) is 38.2 Å². The summed E-state index contributed by atoms with van der Waals surface area (Å²) in [5.41, 5.74) is 1.11. The lowest BCUT2D eigenvalue weighted by Crippen LogP contribution is -2.52. The van der Waals surface area contributed by atoms with Gasteiger partial charge in [-0.3, -0.25) is 4.79 Å². The Morgan fingerprint density at radius 1 is 1.05 bits per heavy atom. The maximum absolute atomic E-state index is 12.7. The molecule has 0 bridgehead atoms. The fraction of sp³-hybridized carbons (Fsp3) is 0.611. The van der Waals surface area contributed by atoms with Gasteiger partial charge in [-0.05, 0) is 37.1 Å². The number of anilines is 1. The fourth-order valence-corrected chi connectivity index (χ4v) is 3.71. The van der Waals surface area contributed by atoms with Crippen LogP contribution in [0.2, 0.25) is 0 Å². The van der Waals surface area contributed by atoms with Crippen molar-refractivity contribution in [3.8, 4) is 5.75 Å². The molecule has 0 atom stereocenters. The number of carbonyl (C=O) groups excluding carboxylic acids is 1. The first-order valence-electron chi connectivity index (χ1n) is 8.31. The minimum atomic E-state index is -0.0950. The molecule has 1 heterocycles. The van der Waals surface area contributed by atoms with Crippen molar-refractivity contribution < 1.29 is 9.53 Å². The summed E-state index contributed by atoms with van der Waals surface area (Å²) in [5.74, 6) is 1.26. The molecule has 3 rings (SSSR count). The van der Waals surface area contributed by atoms with Crippen molar-refractivity contribution in [1.82, 2.24) is 4.90 Å². The number of nitrogens with zero attached hydrogens (tertiary/aromatic N) is 2. The van der Waals surface area contributed by atoms with Crippen LogP contribution in [0.25, 0.3) is 0 Å². The second kappa shape index (κ2) is 6.19. The van der Waals surface area contributed by atoms with Crippen molar-refractivity contribution >= 4 is 11.6 Å². The van der Waals surface area contributed by atoms with Gasteiger partial charge in [-0.25, -0.2) is 0 Å². The van der Waals surface area contributed by atoms with Crippen LogP contribution in [0, 0.1) is 5.41 Å². The standard InChI is InChI=1S/C18H26N2O2/c1-18(9-3-4-10-18)17(21)20-13-11-19(12-14-20)15-5-7-16(22-2)8-6-15/h5-8H,3-4,9-14H2,1-2H3. The molecule has 1 saturated heterocycles. The van der Waals surface area contributed by atoms with E-state index in [0.717, 1.165) is 44.8 Å². The Labute approximate surface area is 133 Å². The third-order valence-corrected chi connectivity index (χ3v) is 5.23. The number of benzene rings is 1. The number of rotatable bonds is 3. The molecule has 1 aliphatic carbocycles. The monoisotopic (exact) mass is 302 g/mol. The third kappa shape index (κ3) is 2.92. The van der Waals surface area contributed by atoms with Crippen LogP contribution < -0.4 is 9.64 Å². The minimum absolute atomic E-state index is 0.0950. The van der Waals surface area contributed by atoms with E-state index in [0.29, 0.717) is 5.91 Å². The van der Waals surface area contributed by atoms with Crippen LogP contribution in [0.1, 0.15) is 32.6 Å². The molecule has 4 heteroatoms. The van der Waals surface area contributed by atoms with Crippen molar-refractivity contribution in [3.05, 3.63) is 24.3 Å². The smallest absolute Gasteiger partial charge is 0.228 e. The van der Waals surface area contributed by atoms with Gasteiger partial charge in [-0.2, -0.15) is 0 Å². The predicted molar refractivity (Wildman–Crippen MR) is 88.4 cm³/mol. The summed E-state index contributed by atoms with van der Waals surface area (Å²) >= 11 is 0. The van der Waals surface area contributed by atoms with Gasteiger partial charge in [-0.1, -0.05) is 19.8 Å². The van der Waals surface area contributed by atoms with Crippen LogP contribution in [0.15, 0.2) is 24.3 Å². The largest absolute Gasteiger partial charge is 0.497 e. The van der Waals surface area contributed by atoms with Crippen LogP contribution in [0.4, 0.5) is 5.69 Å². The number of amides is 1. The van der Waals surface area contributed by atoms with Gasteiger partial charge in [0.25, 0.3) is 0 Å². The number of ether oxygens (including phenoxy) is 1. The molecule has 0 radical (unpaired) electrons. The molecular formula is C18H26N2O2. The highest BCUT2D eigenvalue weighted by atomic mass is 16.5. The highest BCUT2D eigenvalue weighted by Gasteiger charge is 2.39. The third-order valence-electron chi connectivity index (χ3n) is 5.23. The maximum Gasteiger partial charge on any atom is 0.228 e. The van der Waals surface area contributed by atoms with E-state index in [2.05, 4.69) is 28.9 Å². The molecule has 0 unspecified atom stereocenters. The highest BCUT2D eigenvalue weighted by molar-refractivity contribution is 5.83. The number of piperazine rings is 1. The van der Waals surface area contributed by atoms with E-state index in [1.54, 1.807) is 7.11 Å². The Bertz CT molecular complexity index is 512. The van der Waals surface area contributed by atoms with Crippen LogP contribution in [0.5, 0.6) is 5.75 Å². The SMILES string of the molecule is COc1ccc(N2CCN(C(=O)C3(C)CCCC3)CC2)cc1. The molecule has 1 saturated carbocycles. The minimum Gasteiger partial charge on any atom is -0.497 e. The van der Waals surface area contributed by atoms with Gasteiger partial charge in [0.05, 0.1) is 7.11 Å². The zero-order chi connectivity index (χ0) is 15.6. The first kappa shape index (κ1) is 15.2. The molecule has 2 fully saturated rings. The molecule has 0 aromatic heterocycles. The average Bonchev–Trinajstić information content (AvgIpc) is 3.02. The second-order valence-electron chi connectivity index (χ2n) is 6.75. The zero-order valence-corrected chi connectivity index (χ0v) is 13.7. The van der Waals surface area contributed by atoms with Crippen molar-refractivity contribution in [2.45, 2.75) is 32.6 Å². The van der Waals surface area contributed by atoms with E-state index >= 15 is 0 Å². The molecule has 4 nitrogen and oxygen atoms in total. The Kier molecular flexibility index (Phi) is 4.27. The molecule has 22 heavy (non-hydrogen) atoms. The van der Waals surface area contributed by atoms with Crippen LogP contribution in [0.3, 0.4) is 0 Å². The van der Waals surface area contributed by atoms with Gasteiger partial charge in [0.2, 0.25) is 5.91 Å². The molecule has 1 aromatic carbocycles. The quantitative estimate of drug-likeness (QED) is 0.860. The Hall–Kier alpha value is -1.71. The molecule has 0 N–H and O–H groups in total. The molecule has 1 aliphatic heterocycles. The molecule has 0 spiro atoms. The van der Waals surface area contributed by atoms with Crippen LogP contribution >= 0.6 is 0 Å². The molecule has 1 aromatic rings.